The highest BCUT2D eigenvalue weighted by atomic mass is 19.3. The number of ether oxygens (including phenoxy) is 1. The van der Waals surface area contributed by atoms with Gasteiger partial charge in [-0.2, -0.15) is 0 Å². The molecule has 1 aromatic heterocycles. The molecule has 2 saturated heterocycles. The standard InChI is InChI=1S/C21H25F2N5O3/c22-21(23)10-17(28(14-21)20(30)16-6-8-31-9-7-16)12-27-13-18(25-26-27)19(29)24-11-15-4-2-1-3-5-15/h1-5,13,16-17H,6-12,14H2,(H,24,29). The number of likely N-dealkylation sites (tertiary alicyclic amines) is 1. The summed E-state index contributed by atoms with van der Waals surface area (Å²) < 4.78 is 34.9. The highest BCUT2D eigenvalue weighted by Crippen LogP contribution is 2.34. The van der Waals surface area contributed by atoms with Gasteiger partial charge in [-0.1, -0.05) is 35.5 Å². The minimum atomic E-state index is -2.94. The monoisotopic (exact) mass is 433 g/mol. The Hall–Kier alpha value is -2.88. The van der Waals surface area contributed by atoms with Crippen LogP contribution in [0.3, 0.4) is 0 Å². The number of hydrogen-bond acceptors (Lipinski definition) is 5. The van der Waals surface area contributed by atoms with Gasteiger partial charge in [0.25, 0.3) is 11.8 Å². The second-order valence-corrected chi connectivity index (χ2v) is 8.06. The van der Waals surface area contributed by atoms with Gasteiger partial charge in [-0.25, -0.2) is 13.5 Å². The van der Waals surface area contributed by atoms with Gasteiger partial charge < -0.3 is 15.0 Å². The molecule has 4 rings (SSSR count). The van der Waals surface area contributed by atoms with Crippen LogP contribution >= 0.6 is 0 Å². The maximum atomic E-state index is 14.1. The first-order valence-electron chi connectivity index (χ1n) is 10.4. The van der Waals surface area contributed by atoms with Crippen molar-refractivity contribution in [3.8, 4) is 0 Å². The zero-order valence-corrected chi connectivity index (χ0v) is 17.0. The predicted molar refractivity (Wildman–Crippen MR) is 106 cm³/mol. The van der Waals surface area contributed by atoms with Gasteiger partial charge in [0.1, 0.15) is 0 Å². The predicted octanol–water partition coefficient (Wildman–Crippen LogP) is 1.87. The lowest BCUT2D eigenvalue weighted by Crippen LogP contribution is -2.43. The number of amides is 2. The summed E-state index contributed by atoms with van der Waals surface area (Å²) in [6.07, 6.45) is 2.08. The Morgan fingerprint density at radius 3 is 2.68 bits per heavy atom. The highest BCUT2D eigenvalue weighted by molar-refractivity contribution is 5.91. The summed E-state index contributed by atoms with van der Waals surface area (Å²) in [5.41, 5.74) is 1.04. The van der Waals surface area contributed by atoms with Crippen molar-refractivity contribution < 1.29 is 23.1 Å². The van der Waals surface area contributed by atoms with Crippen molar-refractivity contribution in [3.05, 3.63) is 47.8 Å². The normalized spacial score (nSPS) is 21.2. The maximum Gasteiger partial charge on any atom is 0.273 e. The fourth-order valence-corrected chi connectivity index (χ4v) is 4.07. The fourth-order valence-electron chi connectivity index (χ4n) is 4.07. The van der Waals surface area contributed by atoms with Crippen LogP contribution in [0.4, 0.5) is 8.78 Å². The van der Waals surface area contributed by atoms with Gasteiger partial charge in [0.05, 0.1) is 25.3 Å². The molecule has 0 bridgehead atoms. The van der Waals surface area contributed by atoms with Gasteiger partial charge in [-0.15, -0.1) is 5.10 Å². The summed E-state index contributed by atoms with van der Waals surface area (Å²) in [5, 5.41) is 10.5. The molecule has 0 spiro atoms. The molecular formula is C21H25F2N5O3. The molecule has 0 radical (unpaired) electrons. The van der Waals surface area contributed by atoms with E-state index < -0.39 is 30.8 Å². The van der Waals surface area contributed by atoms with Crippen LogP contribution in [0.15, 0.2) is 36.5 Å². The van der Waals surface area contributed by atoms with Crippen LogP contribution in [0.5, 0.6) is 0 Å². The van der Waals surface area contributed by atoms with Crippen LogP contribution in [-0.4, -0.2) is 63.4 Å². The Balaban J connectivity index is 1.38. The molecule has 2 aliphatic heterocycles. The number of benzene rings is 1. The van der Waals surface area contributed by atoms with E-state index in [0.717, 1.165) is 5.56 Å². The van der Waals surface area contributed by atoms with Gasteiger partial charge in [0.2, 0.25) is 5.91 Å². The zero-order valence-electron chi connectivity index (χ0n) is 17.0. The number of nitrogens with one attached hydrogen (secondary N) is 1. The molecule has 1 aromatic carbocycles. The number of nitrogens with zero attached hydrogens (tertiary/aromatic N) is 4. The topological polar surface area (TPSA) is 89.4 Å². The summed E-state index contributed by atoms with van der Waals surface area (Å²) in [7, 11) is 0. The number of carbonyl (C=O) groups excluding carboxylic acids is 2. The van der Waals surface area contributed by atoms with Crippen LogP contribution < -0.4 is 5.32 Å². The van der Waals surface area contributed by atoms with E-state index in [1.165, 1.54) is 15.8 Å². The fraction of sp³-hybridized carbons (Fsp3) is 0.524. The second kappa shape index (κ2) is 9.09. The third kappa shape index (κ3) is 5.25. The summed E-state index contributed by atoms with van der Waals surface area (Å²) in [4.78, 5) is 26.4. The zero-order chi connectivity index (χ0) is 21.8. The molecular weight excluding hydrogens is 408 g/mol. The van der Waals surface area contributed by atoms with Gasteiger partial charge in [0.15, 0.2) is 5.69 Å². The van der Waals surface area contributed by atoms with Crippen LogP contribution in [0.2, 0.25) is 0 Å². The van der Waals surface area contributed by atoms with Crippen LogP contribution in [0.25, 0.3) is 0 Å². The SMILES string of the molecule is O=C(NCc1ccccc1)c1cn(CC2CC(F)(F)CN2C(=O)C2CCOCC2)nn1. The Morgan fingerprint density at radius 1 is 1.19 bits per heavy atom. The van der Waals surface area contributed by atoms with Crippen LogP contribution in [-0.2, 0) is 22.6 Å². The Bertz CT molecular complexity index is 915. The maximum absolute atomic E-state index is 14.1. The van der Waals surface area contributed by atoms with Gasteiger partial charge in [0, 0.05) is 32.1 Å². The quantitative estimate of drug-likeness (QED) is 0.751. The number of halogens is 2. The smallest absolute Gasteiger partial charge is 0.273 e. The first-order chi connectivity index (χ1) is 14.9. The summed E-state index contributed by atoms with van der Waals surface area (Å²) >= 11 is 0. The summed E-state index contributed by atoms with van der Waals surface area (Å²) in [5.74, 6) is -3.89. The van der Waals surface area contributed by atoms with E-state index in [9.17, 15) is 18.4 Å². The number of aromatic nitrogens is 3. The molecule has 3 heterocycles. The van der Waals surface area contributed by atoms with E-state index in [0.29, 0.717) is 32.6 Å². The number of hydrogen-bond donors (Lipinski definition) is 1. The second-order valence-electron chi connectivity index (χ2n) is 8.06. The molecule has 2 aromatic rings. The molecule has 2 fully saturated rings. The van der Waals surface area contributed by atoms with Gasteiger partial charge >= 0.3 is 0 Å². The van der Waals surface area contributed by atoms with E-state index in [4.69, 9.17) is 4.74 Å². The lowest BCUT2D eigenvalue weighted by molar-refractivity contribution is -0.140. The molecule has 31 heavy (non-hydrogen) atoms. The van der Waals surface area contributed by atoms with Gasteiger partial charge in [-0.05, 0) is 18.4 Å². The van der Waals surface area contributed by atoms with Crippen LogP contribution in [0.1, 0.15) is 35.3 Å². The first kappa shape index (κ1) is 21.4. The molecule has 0 saturated carbocycles. The Morgan fingerprint density at radius 2 is 1.94 bits per heavy atom. The average Bonchev–Trinajstić information content (AvgIpc) is 3.36. The molecule has 10 heteroatoms. The third-order valence-electron chi connectivity index (χ3n) is 5.70. The van der Waals surface area contributed by atoms with Crippen molar-refractivity contribution in [2.24, 2.45) is 5.92 Å². The van der Waals surface area contributed by atoms with E-state index in [-0.39, 0.29) is 24.1 Å². The van der Waals surface area contributed by atoms with Crippen LogP contribution in [0, 0.1) is 5.92 Å². The molecule has 8 nitrogen and oxygen atoms in total. The summed E-state index contributed by atoms with van der Waals surface area (Å²) in [6.45, 7) is 0.747. The number of rotatable bonds is 6. The molecule has 1 atom stereocenters. The van der Waals surface area contributed by atoms with E-state index >= 15 is 0 Å². The van der Waals surface area contributed by atoms with Crippen molar-refractivity contribution in [1.82, 2.24) is 25.2 Å². The molecule has 0 aliphatic carbocycles. The first-order valence-corrected chi connectivity index (χ1v) is 10.4. The van der Waals surface area contributed by atoms with Crippen molar-refractivity contribution >= 4 is 11.8 Å². The largest absolute Gasteiger partial charge is 0.381 e. The van der Waals surface area contributed by atoms with Crippen molar-refractivity contribution in [2.75, 3.05) is 19.8 Å². The lowest BCUT2D eigenvalue weighted by Gasteiger charge is -2.30. The number of carbonyl (C=O) groups is 2. The highest BCUT2D eigenvalue weighted by Gasteiger charge is 2.48. The lowest BCUT2D eigenvalue weighted by atomic mass is 9.98. The third-order valence-corrected chi connectivity index (χ3v) is 5.70. The van der Waals surface area contributed by atoms with E-state index in [1.807, 2.05) is 30.3 Å². The average molecular weight is 433 g/mol. The Labute approximate surface area is 178 Å². The van der Waals surface area contributed by atoms with Gasteiger partial charge in [-0.3, -0.25) is 9.59 Å². The molecule has 2 amide bonds. The summed E-state index contributed by atoms with van der Waals surface area (Å²) in [6, 6.07) is 8.72. The van der Waals surface area contributed by atoms with E-state index in [2.05, 4.69) is 15.6 Å². The molecule has 1 unspecified atom stereocenters. The minimum absolute atomic E-state index is 0.0590. The minimum Gasteiger partial charge on any atom is -0.381 e. The van der Waals surface area contributed by atoms with Crippen molar-refractivity contribution in [1.29, 1.82) is 0 Å². The van der Waals surface area contributed by atoms with Crippen molar-refractivity contribution in [2.45, 2.75) is 44.3 Å². The Kier molecular flexibility index (Phi) is 6.26. The number of alkyl halides is 2. The molecule has 166 valence electrons. The molecule has 1 N–H and O–H groups in total. The van der Waals surface area contributed by atoms with Crippen molar-refractivity contribution in [3.63, 3.8) is 0 Å². The molecule has 2 aliphatic rings. The van der Waals surface area contributed by atoms with E-state index in [1.54, 1.807) is 0 Å².